The number of rotatable bonds is 2. The zero-order chi connectivity index (χ0) is 30.7. The van der Waals surface area contributed by atoms with Gasteiger partial charge < -0.3 is 29.3 Å². The lowest BCUT2D eigenvalue weighted by molar-refractivity contribution is -0.162. The van der Waals surface area contributed by atoms with Crippen LogP contribution in [0, 0.1) is 0 Å². The lowest BCUT2D eigenvalue weighted by atomic mass is 9.78. The minimum Gasteiger partial charge on any atom is -0.480 e. The first-order valence-corrected chi connectivity index (χ1v) is 14.4. The van der Waals surface area contributed by atoms with Gasteiger partial charge >= 0.3 is 18.0 Å². The lowest BCUT2D eigenvalue weighted by Gasteiger charge is -2.47. The van der Waals surface area contributed by atoms with Crippen molar-refractivity contribution in [3.63, 3.8) is 0 Å². The Kier molecular flexibility index (Phi) is 9.10. The number of halogens is 2. The van der Waals surface area contributed by atoms with E-state index in [1.54, 1.807) is 56.0 Å². The van der Waals surface area contributed by atoms with Crippen molar-refractivity contribution >= 4 is 23.6 Å². The molecule has 0 atom stereocenters. The summed E-state index contributed by atoms with van der Waals surface area (Å²) in [6.07, 6.45) is -0.988. The number of hydrogen-bond acceptors (Lipinski definition) is 6. The summed E-state index contributed by atoms with van der Waals surface area (Å²) in [5.74, 6) is -4.97. The highest BCUT2D eigenvalue weighted by atomic mass is 19.3. The maximum absolute atomic E-state index is 15.6. The molecule has 0 aromatic heterocycles. The summed E-state index contributed by atoms with van der Waals surface area (Å²) in [6.45, 7) is 11.2. The van der Waals surface area contributed by atoms with Crippen LogP contribution in [0.1, 0.15) is 57.8 Å². The molecule has 0 aliphatic carbocycles. The average Bonchev–Trinajstić information content (AvgIpc) is 2.97. The van der Waals surface area contributed by atoms with E-state index in [1.165, 1.54) is 17.0 Å². The van der Waals surface area contributed by atoms with Crippen LogP contribution in [0.15, 0.2) is 42.5 Å². The number of carbonyl (C=O) groups is 3. The van der Waals surface area contributed by atoms with Crippen molar-refractivity contribution in [3.05, 3.63) is 48.0 Å². The first kappa shape index (κ1) is 31.2. The molecule has 0 bridgehead atoms. The Labute approximate surface area is 245 Å². The topological polar surface area (TPSA) is 97.4 Å². The number of fused-ring (bicyclic) bond motifs is 1. The van der Waals surface area contributed by atoms with Crippen LogP contribution >= 0.6 is 0 Å². The molecule has 3 aliphatic rings. The number of carbonyl (C=O) groups excluding carboxylic acids is 3. The van der Waals surface area contributed by atoms with E-state index in [4.69, 9.17) is 14.2 Å². The van der Waals surface area contributed by atoms with Gasteiger partial charge in [-0.25, -0.2) is 9.59 Å². The molecule has 3 heterocycles. The molecule has 2 aromatic carbocycles. The molecule has 0 unspecified atom stereocenters. The Balaban J connectivity index is 0.00000198. The molecule has 3 aliphatic heterocycles. The number of Topliss-reactive ketones (excluding diaryl/α,β-unsaturated/α-hetero) is 1. The highest BCUT2D eigenvalue weighted by Crippen LogP contribution is 2.49. The molecule has 1 N–H and O–H groups in total. The molecule has 42 heavy (non-hydrogen) atoms. The quantitative estimate of drug-likeness (QED) is 0.448. The highest BCUT2D eigenvalue weighted by molar-refractivity contribution is 6.06. The normalized spacial score (nSPS) is 19.2. The maximum Gasteiger partial charge on any atom is 0.410 e. The zero-order valence-corrected chi connectivity index (χ0v) is 24.8. The monoisotopic (exact) mass is 587 g/mol. The predicted molar refractivity (Wildman–Crippen MR) is 154 cm³/mol. The van der Waals surface area contributed by atoms with Gasteiger partial charge in [-0.3, -0.25) is 4.79 Å². The third kappa shape index (κ3) is 6.35. The van der Waals surface area contributed by atoms with Crippen molar-refractivity contribution in [2.45, 2.75) is 64.6 Å². The largest absolute Gasteiger partial charge is 0.480 e. The van der Waals surface area contributed by atoms with Gasteiger partial charge in [-0.2, -0.15) is 8.78 Å². The smallest absolute Gasteiger partial charge is 0.410 e. The van der Waals surface area contributed by atoms with Gasteiger partial charge in [0.1, 0.15) is 11.4 Å². The van der Waals surface area contributed by atoms with E-state index in [2.05, 4.69) is 5.32 Å². The fourth-order valence-corrected chi connectivity index (χ4v) is 5.13. The van der Waals surface area contributed by atoms with Gasteiger partial charge in [-0.05, 0) is 56.2 Å². The van der Waals surface area contributed by atoms with Crippen molar-refractivity contribution in [2.75, 3.05) is 44.7 Å². The number of nitrogens with zero attached hydrogens (tertiary/aromatic N) is 2. The summed E-state index contributed by atoms with van der Waals surface area (Å²) in [4.78, 5) is 41.0. The zero-order valence-electron chi connectivity index (χ0n) is 24.8. The Bertz CT molecular complexity index is 1290. The van der Waals surface area contributed by atoms with E-state index >= 15 is 8.78 Å². The number of nitrogens with one attached hydrogen (secondary N) is 1. The van der Waals surface area contributed by atoms with Crippen LogP contribution in [0.2, 0.25) is 0 Å². The van der Waals surface area contributed by atoms with Crippen LogP contribution in [0.4, 0.5) is 24.1 Å². The predicted octanol–water partition coefficient (Wildman–Crippen LogP) is 6.22. The Morgan fingerprint density at radius 3 is 2.10 bits per heavy atom. The summed E-state index contributed by atoms with van der Waals surface area (Å²) >= 11 is 0. The number of piperidine rings is 1. The molecule has 0 radical (unpaired) electrons. The SMILES string of the molecule is CC.CC(C)(C)OC(=O)N1CCC2(CC1)Oc1ccc(-c3ccc(NC(=O)N4CCOCC4)cc3)cc1C(=O)C2(F)F. The van der Waals surface area contributed by atoms with Crippen LogP contribution in [0.3, 0.4) is 0 Å². The standard InChI is InChI=1S/C29H33F2N3O6.C2H6/c1-27(2,3)40-26(37)34-12-10-28(11-13-34)29(30,31)24(35)22-18-20(6-9-23(22)39-28)19-4-7-21(8-5-19)32-25(36)33-14-16-38-17-15-33;1-2/h4-9,18H,10-17H2,1-3H3,(H,32,36);1-2H3. The molecule has 2 saturated heterocycles. The molecule has 1 spiro atoms. The first-order chi connectivity index (χ1) is 19.9. The number of anilines is 1. The van der Waals surface area contributed by atoms with E-state index in [0.717, 1.165) is 0 Å². The van der Waals surface area contributed by atoms with Crippen LogP contribution in [0.25, 0.3) is 11.1 Å². The van der Waals surface area contributed by atoms with Gasteiger partial charge in [0, 0.05) is 44.7 Å². The molecule has 11 heteroatoms. The van der Waals surface area contributed by atoms with Gasteiger partial charge in [0.05, 0.1) is 18.8 Å². The Morgan fingerprint density at radius 2 is 1.50 bits per heavy atom. The fraction of sp³-hybridized carbons (Fsp3) is 0.516. The van der Waals surface area contributed by atoms with Crippen molar-refractivity contribution in [1.29, 1.82) is 0 Å². The number of ether oxygens (including phenoxy) is 3. The van der Waals surface area contributed by atoms with E-state index in [9.17, 15) is 14.4 Å². The molecule has 2 aromatic rings. The number of urea groups is 1. The second-order valence-electron chi connectivity index (χ2n) is 11.3. The first-order valence-electron chi connectivity index (χ1n) is 14.4. The van der Waals surface area contributed by atoms with Gasteiger partial charge in [0.2, 0.25) is 5.78 Å². The second-order valence-corrected chi connectivity index (χ2v) is 11.3. The molecule has 2 fully saturated rings. The number of morpholine rings is 1. The third-order valence-corrected chi connectivity index (χ3v) is 7.38. The number of benzene rings is 2. The molecule has 9 nitrogen and oxygen atoms in total. The Morgan fingerprint density at radius 1 is 0.905 bits per heavy atom. The Hall–Kier alpha value is -3.73. The summed E-state index contributed by atoms with van der Waals surface area (Å²) in [6, 6.07) is 11.4. The number of amides is 3. The van der Waals surface area contributed by atoms with Crippen molar-refractivity contribution in [2.24, 2.45) is 0 Å². The molecular formula is C31H39F2N3O6. The van der Waals surface area contributed by atoms with E-state index in [0.29, 0.717) is 43.1 Å². The van der Waals surface area contributed by atoms with E-state index in [-0.39, 0.29) is 43.3 Å². The van der Waals surface area contributed by atoms with Crippen molar-refractivity contribution in [1.82, 2.24) is 9.80 Å². The van der Waals surface area contributed by atoms with Gasteiger partial charge in [0.25, 0.3) is 0 Å². The summed E-state index contributed by atoms with van der Waals surface area (Å²) < 4.78 is 47.7. The summed E-state index contributed by atoms with van der Waals surface area (Å²) in [5.41, 5.74) is -1.09. The number of hydrogen-bond donors (Lipinski definition) is 1. The molecule has 0 saturated carbocycles. The number of ketones is 1. The average molecular weight is 588 g/mol. The van der Waals surface area contributed by atoms with Crippen LogP contribution in [0.5, 0.6) is 5.75 Å². The maximum atomic E-state index is 15.6. The van der Waals surface area contributed by atoms with Crippen LogP contribution in [-0.4, -0.2) is 84.2 Å². The third-order valence-electron chi connectivity index (χ3n) is 7.38. The summed E-state index contributed by atoms with van der Waals surface area (Å²) in [5, 5.41) is 2.84. The van der Waals surface area contributed by atoms with Gasteiger partial charge in [-0.1, -0.05) is 32.0 Å². The van der Waals surface area contributed by atoms with Crippen molar-refractivity contribution < 1.29 is 37.4 Å². The van der Waals surface area contributed by atoms with E-state index < -0.39 is 29.0 Å². The number of likely N-dealkylation sites (tertiary alicyclic amines) is 1. The minimum atomic E-state index is -3.77. The number of alkyl halides is 2. The highest BCUT2D eigenvalue weighted by Gasteiger charge is 2.65. The van der Waals surface area contributed by atoms with E-state index in [1.807, 2.05) is 13.8 Å². The van der Waals surface area contributed by atoms with Crippen molar-refractivity contribution in [3.8, 4) is 16.9 Å². The molecule has 5 rings (SSSR count). The molecule has 3 amide bonds. The van der Waals surface area contributed by atoms with Crippen LogP contribution in [-0.2, 0) is 9.47 Å². The minimum absolute atomic E-state index is 0.0143. The van der Waals surface area contributed by atoms with Crippen LogP contribution < -0.4 is 10.1 Å². The summed E-state index contributed by atoms with van der Waals surface area (Å²) in [7, 11) is 0. The second kappa shape index (κ2) is 12.2. The molecule has 228 valence electrons. The molecular weight excluding hydrogens is 548 g/mol. The lowest BCUT2D eigenvalue weighted by Crippen LogP contribution is -2.64. The van der Waals surface area contributed by atoms with Gasteiger partial charge in [-0.15, -0.1) is 0 Å². The van der Waals surface area contributed by atoms with Gasteiger partial charge in [0.15, 0.2) is 5.60 Å². The fourth-order valence-electron chi connectivity index (χ4n) is 5.13.